The van der Waals surface area contributed by atoms with Gasteiger partial charge in [0.05, 0.1) is 0 Å². The molecule has 0 bridgehead atoms. The summed E-state index contributed by atoms with van der Waals surface area (Å²) in [5.41, 5.74) is 0. The van der Waals surface area contributed by atoms with E-state index in [4.69, 9.17) is 4.89 Å². The van der Waals surface area contributed by atoms with E-state index in [1.807, 2.05) is 4.90 Å². The first-order valence-electron chi connectivity index (χ1n) is 3.95. The molecule has 5 nitrogen and oxygen atoms in total. The summed E-state index contributed by atoms with van der Waals surface area (Å²) in [4.78, 5) is 11.1. The molecule has 1 aliphatic heterocycles. The predicted octanol–water partition coefficient (Wildman–Crippen LogP) is -0.319. The molecule has 0 amide bonds. The van der Waals surface area contributed by atoms with Crippen molar-refractivity contribution in [1.82, 2.24) is 10.2 Å². The van der Waals surface area contributed by atoms with Crippen molar-refractivity contribution in [1.29, 1.82) is 0 Å². The molecular formula is C6H15N2O3P. The molecule has 1 rings (SSSR count). The fourth-order valence-electron chi connectivity index (χ4n) is 1.16. The lowest BCUT2D eigenvalue weighted by Crippen LogP contribution is -2.43. The van der Waals surface area contributed by atoms with E-state index in [1.165, 1.54) is 7.11 Å². The Morgan fingerprint density at radius 1 is 1.58 bits per heavy atom. The third kappa shape index (κ3) is 3.21. The zero-order chi connectivity index (χ0) is 9.03. The molecule has 6 heteroatoms. The average molecular weight is 194 g/mol. The van der Waals surface area contributed by atoms with Gasteiger partial charge in [-0.1, -0.05) is 0 Å². The van der Waals surface area contributed by atoms with Crippen LogP contribution in [0.25, 0.3) is 0 Å². The lowest BCUT2D eigenvalue weighted by atomic mass is 10.4. The van der Waals surface area contributed by atoms with Crippen LogP contribution in [-0.4, -0.2) is 49.4 Å². The van der Waals surface area contributed by atoms with E-state index in [0.717, 1.165) is 26.2 Å². The zero-order valence-corrected chi connectivity index (χ0v) is 8.09. The van der Waals surface area contributed by atoms with Gasteiger partial charge in [0.15, 0.2) is 0 Å². The van der Waals surface area contributed by atoms with Gasteiger partial charge in [0.25, 0.3) is 0 Å². The van der Waals surface area contributed by atoms with Crippen molar-refractivity contribution >= 4 is 7.60 Å². The van der Waals surface area contributed by atoms with E-state index < -0.39 is 7.60 Å². The van der Waals surface area contributed by atoms with Gasteiger partial charge in [0.1, 0.15) is 6.29 Å². The molecule has 1 heterocycles. The molecule has 2 N–H and O–H groups in total. The van der Waals surface area contributed by atoms with Crippen LogP contribution in [-0.2, 0) is 9.09 Å². The summed E-state index contributed by atoms with van der Waals surface area (Å²) >= 11 is 0. The normalized spacial score (nSPS) is 25.2. The van der Waals surface area contributed by atoms with Crippen molar-refractivity contribution in [3.63, 3.8) is 0 Å². The second kappa shape index (κ2) is 4.35. The van der Waals surface area contributed by atoms with Crippen molar-refractivity contribution in [2.75, 3.05) is 39.6 Å². The minimum atomic E-state index is -3.34. The average Bonchev–Trinajstić information content (AvgIpc) is 2.06. The van der Waals surface area contributed by atoms with Gasteiger partial charge in [-0.05, 0) is 0 Å². The number of nitrogens with one attached hydrogen (secondary N) is 1. The molecule has 0 saturated carbocycles. The topological polar surface area (TPSA) is 61.8 Å². The molecule has 0 aromatic heterocycles. The molecule has 0 radical (unpaired) electrons. The molecule has 1 atom stereocenters. The first-order valence-corrected chi connectivity index (χ1v) is 5.71. The highest BCUT2D eigenvalue weighted by Gasteiger charge is 2.22. The Balaban J connectivity index is 2.34. The highest BCUT2D eigenvalue weighted by Crippen LogP contribution is 2.40. The van der Waals surface area contributed by atoms with E-state index >= 15 is 0 Å². The van der Waals surface area contributed by atoms with Crippen LogP contribution in [0.4, 0.5) is 0 Å². The Morgan fingerprint density at radius 2 is 2.17 bits per heavy atom. The molecular weight excluding hydrogens is 179 g/mol. The van der Waals surface area contributed by atoms with Crippen LogP contribution in [0.1, 0.15) is 0 Å². The SMILES string of the molecule is COP(=O)(O)CN1CCNCC1. The fraction of sp³-hybridized carbons (Fsp3) is 1.00. The number of hydrogen-bond donors (Lipinski definition) is 2. The molecule has 72 valence electrons. The second-order valence-corrected chi connectivity index (χ2v) is 4.75. The zero-order valence-electron chi connectivity index (χ0n) is 7.19. The van der Waals surface area contributed by atoms with Crippen molar-refractivity contribution in [2.24, 2.45) is 0 Å². The Morgan fingerprint density at radius 3 is 2.67 bits per heavy atom. The van der Waals surface area contributed by atoms with Gasteiger partial charge in [-0.15, -0.1) is 0 Å². The number of nitrogens with zero attached hydrogens (tertiary/aromatic N) is 1. The van der Waals surface area contributed by atoms with Crippen LogP contribution in [0.2, 0.25) is 0 Å². The fourth-order valence-corrected chi connectivity index (χ4v) is 2.07. The van der Waals surface area contributed by atoms with Gasteiger partial charge in [0, 0.05) is 33.3 Å². The molecule has 0 aromatic carbocycles. The molecule has 1 fully saturated rings. The van der Waals surface area contributed by atoms with Gasteiger partial charge >= 0.3 is 7.60 Å². The summed E-state index contributed by atoms with van der Waals surface area (Å²) in [5.74, 6) is 0. The quantitative estimate of drug-likeness (QED) is 0.603. The van der Waals surface area contributed by atoms with Crippen LogP contribution in [0.15, 0.2) is 0 Å². The van der Waals surface area contributed by atoms with Crippen LogP contribution < -0.4 is 5.32 Å². The van der Waals surface area contributed by atoms with Crippen LogP contribution in [0, 0.1) is 0 Å². The minimum Gasteiger partial charge on any atom is -0.323 e. The van der Waals surface area contributed by atoms with E-state index in [-0.39, 0.29) is 6.29 Å². The summed E-state index contributed by atoms with van der Waals surface area (Å²) in [6.45, 7) is 3.38. The third-order valence-electron chi connectivity index (χ3n) is 1.87. The number of piperazine rings is 1. The monoisotopic (exact) mass is 194 g/mol. The maximum Gasteiger partial charge on any atom is 0.341 e. The summed E-state index contributed by atoms with van der Waals surface area (Å²) < 4.78 is 15.6. The van der Waals surface area contributed by atoms with E-state index in [1.54, 1.807) is 0 Å². The van der Waals surface area contributed by atoms with Crippen LogP contribution in [0.3, 0.4) is 0 Å². The third-order valence-corrected chi connectivity index (χ3v) is 3.20. The highest BCUT2D eigenvalue weighted by atomic mass is 31.2. The van der Waals surface area contributed by atoms with Crippen LogP contribution in [0.5, 0.6) is 0 Å². The molecule has 0 aliphatic carbocycles. The van der Waals surface area contributed by atoms with Gasteiger partial charge in [-0.25, -0.2) is 0 Å². The van der Waals surface area contributed by atoms with Gasteiger partial charge in [-0.3, -0.25) is 9.46 Å². The van der Waals surface area contributed by atoms with E-state index in [2.05, 4.69) is 9.84 Å². The predicted molar refractivity (Wildman–Crippen MR) is 46.1 cm³/mol. The standard InChI is InChI=1S/C6H15N2O3P/c1-11-12(9,10)6-8-4-2-7-3-5-8/h7H,2-6H2,1H3,(H,9,10). The van der Waals surface area contributed by atoms with E-state index in [9.17, 15) is 4.57 Å². The van der Waals surface area contributed by atoms with Crippen molar-refractivity contribution in [2.45, 2.75) is 0 Å². The maximum absolute atomic E-state index is 11.1. The Labute approximate surface area is 72.2 Å². The lowest BCUT2D eigenvalue weighted by Gasteiger charge is -2.27. The Kier molecular flexibility index (Phi) is 3.68. The first-order chi connectivity index (χ1) is 5.64. The molecule has 12 heavy (non-hydrogen) atoms. The van der Waals surface area contributed by atoms with Crippen molar-refractivity contribution in [3.05, 3.63) is 0 Å². The molecule has 1 aliphatic rings. The van der Waals surface area contributed by atoms with E-state index in [0.29, 0.717) is 0 Å². The first kappa shape index (κ1) is 10.2. The highest BCUT2D eigenvalue weighted by molar-refractivity contribution is 7.52. The summed E-state index contributed by atoms with van der Waals surface area (Å²) in [5, 5.41) is 3.16. The molecule has 0 spiro atoms. The largest absolute Gasteiger partial charge is 0.341 e. The Hall–Kier alpha value is 0.0700. The minimum absolute atomic E-state index is 0.144. The van der Waals surface area contributed by atoms with Crippen molar-refractivity contribution < 1.29 is 14.0 Å². The summed E-state index contributed by atoms with van der Waals surface area (Å²) in [6, 6.07) is 0. The summed E-state index contributed by atoms with van der Waals surface area (Å²) in [7, 11) is -2.08. The number of rotatable bonds is 3. The second-order valence-electron chi connectivity index (χ2n) is 2.83. The van der Waals surface area contributed by atoms with Crippen LogP contribution >= 0.6 is 7.60 Å². The maximum atomic E-state index is 11.1. The Bertz CT molecular complexity index is 182. The van der Waals surface area contributed by atoms with Crippen molar-refractivity contribution in [3.8, 4) is 0 Å². The number of hydrogen-bond acceptors (Lipinski definition) is 4. The summed E-state index contributed by atoms with van der Waals surface area (Å²) in [6.07, 6.45) is 0.144. The van der Waals surface area contributed by atoms with Gasteiger partial charge < -0.3 is 14.7 Å². The molecule has 1 unspecified atom stereocenters. The smallest absolute Gasteiger partial charge is 0.323 e. The molecule has 1 saturated heterocycles. The van der Waals surface area contributed by atoms with Gasteiger partial charge in [0.2, 0.25) is 0 Å². The van der Waals surface area contributed by atoms with Gasteiger partial charge in [-0.2, -0.15) is 0 Å². The lowest BCUT2D eigenvalue weighted by molar-refractivity contribution is 0.236. The molecule has 0 aromatic rings.